The van der Waals surface area contributed by atoms with Crippen molar-refractivity contribution in [3.63, 3.8) is 0 Å². The molecule has 1 atom stereocenters. The van der Waals surface area contributed by atoms with Crippen molar-refractivity contribution in [3.8, 4) is 0 Å². The Morgan fingerprint density at radius 1 is 1.11 bits per heavy atom. The van der Waals surface area contributed by atoms with Crippen LogP contribution in [-0.4, -0.2) is 32.3 Å². The predicted octanol–water partition coefficient (Wildman–Crippen LogP) is 6.36. The average molecular weight is 478 g/mol. The average Bonchev–Trinajstić information content (AvgIpc) is 3.52. The lowest BCUT2D eigenvalue weighted by Crippen LogP contribution is -2.41. The van der Waals surface area contributed by atoms with Gasteiger partial charge in [0.05, 0.1) is 0 Å². The zero-order valence-electron chi connectivity index (χ0n) is 22.1. The number of aliphatic hydroxyl groups excluding tert-OH is 1. The number of aryl methyl sites for hydroxylation is 2. The van der Waals surface area contributed by atoms with E-state index in [9.17, 15) is 9.90 Å². The van der Waals surface area contributed by atoms with Crippen LogP contribution < -0.4 is 0 Å². The summed E-state index contributed by atoms with van der Waals surface area (Å²) < 4.78 is 2.40. The van der Waals surface area contributed by atoms with Crippen molar-refractivity contribution >= 4 is 5.78 Å². The summed E-state index contributed by atoms with van der Waals surface area (Å²) in [7, 11) is 0. The topological polar surface area (TPSA) is 68.0 Å². The Bertz CT molecular complexity index is 1060. The van der Waals surface area contributed by atoms with Gasteiger partial charge in [0.2, 0.25) is 0 Å². The minimum absolute atomic E-state index is 0.0652. The van der Waals surface area contributed by atoms with E-state index >= 15 is 0 Å². The van der Waals surface area contributed by atoms with E-state index in [1.807, 2.05) is 0 Å². The Hall–Kier alpha value is -2.01. The molecular weight excluding hydrogens is 434 g/mol. The first kappa shape index (κ1) is 24.7. The first-order valence-corrected chi connectivity index (χ1v) is 13.8. The summed E-state index contributed by atoms with van der Waals surface area (Å²) >= 11 is 0. The largest absolute Gasteiger partial charge is 0.396 e. The number of rotatable bonds is 9. The third-order valence-corrected chi connectivity index (χ3v) is 9.25. The summed E-state index contributed by atoms with van der Waals surface area (Å²) in [6.45, 7) is 9.05. The lowest BCUT2D eigenvalue weighted by atomic mass is 9.52. The fourth-order valence-corrected chi connectivity index (χ4v) is 6.70. The molecular formula is C30H43N3O2. The molecule has 1 aromatic carbocycles. The lowest BCUT2D eigenvalue weighted by Gasteiger charge is -2.53. The monoisotopic (exact) mass is 477 g/mol. The van der Waals surface area contributed by atoms with Gasteiger partial charge in [0.1, 0.15) is 17.4 Å². The fraction of sp³-hybridized carbons (Fsp3) is 0.700. The van der Waals surface area contributed by atoms with Gasteiger partial charge in [-0.2, -0.15) is 0 Å². The molecule has 0 aliphatic heterocycles. The number of aliphatic hydroxyl groups is 1. The molecule has 0 unspecified atom stereocenters. The molecule has 0 saturated heterocycles. The zero-order valence-corrected chi connectivity index (χ0v) is 22.1. The number of hydrogen-bond donors (Lipinski definition) is 1. The van der Waals surface area contributed by atoms with Crippen LogP contribution >= 0.6 is 0 Å². The number of ketones is 1. The minimum atomic E-state index is -0.0652. The highest BCUT2D eigenvalue weighted by Gasteiger charge is 2.50. The van der Waals surface area contributed by atoms with Crippen LogP contribution in [0.15, 0.2) is 18.2 Å². The first-order valence-electron chi connectivity index (χ1n) is 13.8. The van der Waals surface area contributed by atoms with Crippen LogP contribution in [0.1, 0.15) is 124 Å². The Kier molecular flexibility index (Phi) is 6.67. The van der Waals surface area contributed by atoms with Crippen LogP contribution in [0.2, 0.25) is 0 Å². The maximum Gasteiger partial charge on any atom is 0.138 e. The van der Waals surface area contributed by atoms with Crippen molar-refractivity contribution in [2.75, 3.05) is 6.61 Å². The Morgan fingerprint density at radius 3 is 2.46 bits per heavy atom. The van der Waals surface area contributed by atoms with Crippen LogP contribution in [0, 0.1) is 24.7 Å². The highest BCUT2D eigenvalue weighted by Crippen LogP contribution is 2.61. The maximum atomic E-state index is 13.1. The number of aromatic nitrogens is 3. The number of carbonyl (C=O) groups is 1. The predicted molar refractivity (Wildman–Crippen MR) is 139 cm³/mol. The van der Waals surface area contributed by atoms with Crippen molar-refractivity contribution in [1.82, 2.24) is 14.8 Å². The summed E-state index contributed by atoms with van der Waals surface area (Å²) in [5, 5.41) is 19.3. The van der Waals surface area contributed by atoms with Gasteiger partial charge >= 0.3 is 0 Å². The fourth-order valence-electron chi connectivity index (χ4n) is 6.70. The highest BCUT2D eigenvalue weighted by atomic mass is 16.3. The minimum Gasteiger partial charge on any atom is -0.396 e. The summed E-state index contributed by atoms with van der Waals surface area (Å²) in [6, 6.07) is 6.78. The van der Waals surface area contributed by atoms with E-state index < -0.39 is 0 Å². The number of nitrogens with zero attached hydrogens (tertiary/aromatic N) is 3. The molecule has 5 rings (SSSR count). The molecule has 0 bridgehead atoms. The van der Waals surface area contributed by atoms with Gasteiger partial charge in [0.25, 0.3) is 0 Å². The summed E-state index contributed by atoms with van der Waals surface area (Å²) in [5.74, 6) is 2.75. The molecule has 5 nitrogen and oxygen atoms in total. The second kappa shape index (κ2) is 9.46. The van der Waals surface area contributed by atoms with E-state index in [0.717, 1.165) is 17.2 Å². The van der Waals surface area contributed by atoms with E-state index in [1.165, 1.54) is 62.5 Å². The Labute approximate surface area is 210 Å². The Balaban J connectivity index is 1.30. The zero-order chi connectivity index (χ0) is 24.8. The molecule has 0 amide bonds. The van der Waals surface area contributed by atoms with Crippen LogP contribution in [0.25, 0.3) is 0 Å². The van der Waals surface area contributed by atoms with Gasteiger partial charge in [-0.05, 0) is 93.6 Å². The van der Waals surface area contributed by atoms with E-state index in [2.05, 4.69) is 50.5 Å². The number of hydrogen-bond acceptors (Lipinski definition) is 4. The molecule has 35 heavy (non-hydrogen) atoms. The molecule has 3 aliphatic carbocycles. The molecule has 190 valence electrons. The van der Waals surface area contributed by atoms with Crippen LogP contribution in [0.5, 0.6) is 0 Å². The van der Waals surface area contributed by atoms with Crippen molar-refractivity contribution in [1.29, 1.82) is 0 Å². The van der Waals surface area contributed by atoms with Gasteiger partial charge in [-0.25, -0.2) is 0 Å². The molecule has 1 spiro atoms. The quantitative estimate of drug-likeness (QED) is 0.456. The van der Waals surface area contributed by atoms with E-state index in [4.69, 9.17) is 10.2 Å². The standard InChI is InChI=1S/C30H43N3O2/c1-20-5-6-22(21(2)15-20)16-26(35)17-23(9-14-34)27-31-32-28(33(27)25-7-8-25)24-18-30(19-24)12-10-29(3,4)11-13-30/h5-6,15,23-25,34H,7-14,16-19H2,1-4H3/t23-/m0/s1. The van der Waals surface area contributed by atoms with Gasteiger partial charge in [-0.3, -0.25) is 4.79 Å². The molecule has 0 radical (unpaired) electrons. The first-order chi connectivity index (χ1) is 16.7. The maximum absolute atomic E-state index is 13.1. The molecule has 1 heterocycles. The molecule has 2 aromatic rings. The number of benzene rings is 1. The normalized spacial score (nSPS) is 22.2. The van der Waals surface area contributed by atoms with Gasteiger partial charge in [-0.1, -0.05) is 37.6 Å². The van der Waals surface area contributed by atoms with E-state index in [-0.39, 0.29) is 18.3 Å². The van der Waals surface area contributed by atoms with Gasteiger partial charge in [0, 0.05) is 37.3 Å². The molecule has 1 aromatic heterocycles. The second-order valence-electron chi connectivity index (χ2n) is 12.8. The van der Waals surface area contributed by atoms with Crippen LogP contribution in [0.4, 0.5) is 0 Å². The van der Waals surface area contributed by atoms with Crippen molar-refractivity contribution in [2.45, 2.75) is 116 Å². The third-order valence-electron chi connectivity index (χ3n) is 9.25. The van der Waals surface area contributed by atoms with Gasteiger partial charge in [0.15, 0.2) is 0 Å². The van der Waals surface area contributed by atoms with Crippen LogP contribution in [0.3, 0.4) is 0 Å². The molecule has 1 N–H and O–H groups in total. The highest BCUT2D eigenvalue weighted by molar-refractivity contribution is 5.82. The van der Waals surface area contributed by atoms with Crippen LogP contribution in [-0.2, 0) is 11.2 Å². The SMILES string of the molecule is Cc1ccc(CC(=O)C[C@H](CCO)c2nnc(C3CC4(CCC(C)(C)CC4)C3)n2C2CC2)c(C)c1. The molecule has 3 saturated carbocycles. The summed E-state index contributed by atoms with van der Waals surface area (Å²) in [5.41, 5.74) is 4.51. The third kappa shape index (κ3) is 5.26. The Morgan fingerprint density at radius 2 is 1.83 bits per heavy atom. The molecule has 3 fully saturated rings. The van der Waals surface area contributed by atoms with Crippen molar-refractivity contribution < 1.29 is 9.90 Å². The second-order valence-corrected chi connectivity index (χ2v) is 12.8. The van der Waals surface area contributed by atoms with Crippen molar-refractivity contribution in [3.05, 3.63) is 46.5 Å². The van der Waals surface area contributed by atoms with E-state index in [1.54, 1.807) is 0 Å². The smallest absolute Gasteiger partial charge is 0.138 e. The van der Waals surface area contributed by atoms with E-state index in [0.29, 0.717) is 42.1 Å². The molecule has 5 heteroatoms. The number of carbonyl (C=O) groups excluding carboxylic acids is 1. The summed E-state index contributed by atoms with van der Waals surface area (Å²) in [4.78, 5) is 13.1. The number of Topliss-reactive ketones (excluding diaryl/α,β-unsaturated/α-hetero) is 1. The van der Waals surface area contributed by atoms with Gasteiger partial charge in [-0.15, -0.1) is 10.2 Å². The molecule has 3 aliphatic rings. The van der Waals surface area contributed by atoms with Crippen molar-refractivity contribution in [2.24, 2.45) is 10.8 Å². The lowest BCUT2D eigenvalue weighted by molar-refractivity contribution is -0.118. The van der Waals surface area contributed by atoms with Gasteiger partial charge < -0.3 is 9.67 Å². The summed E-state index contributed by atoms with van der Waals surface area (Å²) in [6.07, 6.45) is 11.6.